The number of hydrogen-bond acceptors (Lipinski definition) is 6. The third kappa shape index (κ3) is 4.93. The summed E-state index contributed by atoms with van der Waals surface area (Å²) in [5.41, 5.74) is 0.683. The molecule has 0 saturated heterocycles. The number of hydrogen-bond donors (Lipinski definition) is 1. The molecule has 1 heterocycles. The van der Waals surface area contributed by atoms with Gasteiger partial charge in [-0.05, 0) is 36.1 Å². The van der Waals surface area contributed by atoms with Gasteiger partial charge in [-0.3, -0.25) is 9.59 Å². The van der Waals surface area contributed by atoms with E-state index in [4.69, 9.17) is 19.0 Å². The number of carbonyl (C=O) groups excluding carboxylic acids is 1. The van der Waals surface area contributed by atoms with E-state index in [-0.39, 0.29) is 12.3 Å². The lowest BCUT2D eigenvalue weighted by Crippen LogP contribution is -2.35. The van der Waals surface area contributed by atoms with Crippen molar-refractivity contribution >= 4 is 23.6 Å². The smallest absolute Gasteiger partial charge is 0.323 e. The minimum Gasteiger partial charge on any atom is -0.497 e. The van der Waals surface area contributed by atoms with Gasteiger partial charge in [-0.15, -0.1) is 0 Å². The fraction of sp³-hybridized carbons (Fsp3) is 0.294. The molecule has 0 radical (unpaired) electrons. The van der Waals surface area contributed by atoms with Gasteiger partial charge in [0.25, 0.3) is 5.91 Å². The minimum absolute atomic E-state index is 0.0774. The van der Waals surface area contributed by atoms with Crippen molar-refractivity contribution < 1.29 is 28.6 Å². The van der Waals surface area contributed by atoms with E-state index in [2.05, 4.69) is 0 Å². The average molecular weight is 365 g/mol. The Hall–Kier alpha value is -2.61. The molecule has 0 saturated carbocycles. The first-order valence-corrected chi connectivity index (χ1v) is 8.56. The highest BCUT2D eigenvalue weighted by atomic mass is 32.2. The molecule has 0 bridgehead atoms. The maximum absolute atomic E-state index is 12.6. The summed E-state index contributed by atoms with van der Waals surface area (Å²) < 4.78 is 15.8. The Morgan fingerprint density at radius 2 is 1.80 bits per heavy atom. The SMILES string of the molecule is COc1cc(CN(CC(=O)O)C(=O)c2ccc(SC)o2)cc(OC)c1. The zero-order valence-electron chi connectivity index (χ0n) is 14.1. The van der Waals surface area contributed by atoms with Crippen LogP contribution in [0.25, 0.3) is 0 Å². The van der Waals surface area contributed by atoms with Gasteiger partial charge >= 0.3 is 5.97 Å². The van der Waals surface area contributed by atoms with Gasteiger partial charge in [0.05, 0.1) is 14.2 Å². The Kier molecular flexibility index (Phi) is 6.35. The van der Waals surface area contributed by atoms with Crippen molar-refractivity contribution in [2.75, 3.05) is 27.0 Å². The second kappa shape index (κ2) is 8.48. The molecule has 1 amide bonds. The second-order valence-electron chi connectivity index (χ2n) is 5.10. The Morgan fingerprint density at radius 3 is 2.28 bits per heavy atom. The van der Waals surface area contributed by atoms with Gasteiger partial charge in [-0.25, -0.2) is 0 Å². The summed E-state index contributed by atoms with van der Waals surface area (Å²) in [6.45, 7) is -0.373. The van der Waals surface area contributed by atoms with E-state index in [1.807, 2.05) is 6.26 Å². The summed E-state index contributed by atoms with van der Waals surface area (Å²) in [4.78, 5) is 25.0. The molecule has 1 aromatic carbocycles. The number of carboxylic acids is 1. The molecule has 0 spiro atoms. The van der Waals surface area contributed by atoms with Crippen LogP contribution in [-0.4, -0.2) is 48.9 Å². The molecule has 0 aliphatic rings. The number of methoxy groups -OCH3 is 2. The summed E-state index contributed by atoms with van der Waals surface area (Å²) in [6, 6.07) is 8.35. The number of furan rings is 1. The first kappa shape index (κ1) is 18.7. The summed E-state index contributed by atoms with van der Waals surface area (Å²) in [5, 5.41) is 9.72. The summed E-state index contributed by atoms with van der Waals surface area (Å²) >= 11 is 1.36. The second-order valence-corrected chi connectivity index (χ2v) is 5.91. The van der Waals surface area contributed by atoms with Crippen LogP contribution in [0.4, 0.5) is 0 Å². The highest BCUT2D eigenvalue weighted by Crippen LogP contribution is 2.24. The standard InChI is InChI=1S/C17H19NO6S/c1-22-12-6-11(7-13(8-12)23-2)9-18(10-15(19)20)17(21)14-4-5-16(24-14)25-3/h4-8H,9-10H2,1-3H3,(H,19,20). The lowest BCUT2D eigenvalue weighted by atomic mass is 10.1. The van der Waals surface area contributed by atoms with Crippen molar-refractivity contribution in [2.24, 2.45) is 0 Å². The predicted molar refractivity (Wildman–Crippen MR) is 92.4 cm³/mol. The van der Waals surface area contributed by atoms with Gasteiger partial charge in [-0.1, -0.05) is 11.8 Å². The lowest BCUT2D eigenvalue weighted by Gasteiger charge is -2.20. The number of thioether (sulfide) groups is 1. The molecule has 1 aromatic heterocycles. The highest BCUT2D eigenvalue weighted by molar-refractivity contribution is 7.98. The zero-order chi connectivity index (χ0) is 18.4. The number of rotatable bonds is 8. The summed E-state index contributed by atoms with van der Waals surface area (Å²) in [7, 11) is 3.04. The number of amides is 1. The Balaban J connectivity index is 2.28. The van der Waals surface area contributed by atoms with Crippen LogP contribution in [0.15, 0.2) is 39.8 Å². The maximum Gasteiger partial charge on any atom is 0.323 e. The van der Waals surface area contributed by atoms with E-state index in [0.29, 0.717) is 22.2 Å². The first-order chi connectivity index (χ1) is 12.0. The number of aliphatic carboxylic acids is 1. The van der Waals surface area contributed by atoms with Crippen molar-refractivity contribution in [1.82, 2.24) is 4.90 Å². The van der Waals surface area contributed by atoms with Crippen molar-refractivity contribution in [1.29, 1.82) is 0 Å². The van der Waals surface area contributed by atoms with E-state index in [1.54, 1.807) is 24.3 Å². The van der Waals surface area contributed by atoms with Crippen LogP contribution < -0.4 is 9.47 Å². The normalized spacial score (nSPS) is 10.4. The van der Waals surface area contributed by atoms with Crippen LogP contribution in [0.2, 0.25) is 0 Å². The number of benzene rings is 1. The van der Waals surface area contributed by atoms with Crippen LogP contribution in [0.3, 0.4) is 0 Å². The van der Waals surface area contributed by atoms with Crippen molar-refractivity contribution in [3.8, 4) is 11.5 Å². The van der Waals surface area contributed by atoms with Gasteiger partial charge in [0.2, 0.25) is 0 Å². The van der Waals surface area contributed by atoms with E-state index in [1.165, 1.54) is 36.9 Å². The molecule has 134 valence electrons. The van der Waals surface area contributed by atoms with E-state index in [9.17, 15) is 9.59 Å². The van der Waals surface area contributed by atoms with E-state index >= 15 is 0 Å². The number of carboxylic acid groups (broad SMARTS) is 1. The Bertz CT molecular complexity index is 735. The Labute approximate surface area is 149 Å². The Morgan fingerprint density at radius 1 is 1.16 bits per heavy atom. The zero-order valence-corrected chi connectivity index (χ0v) is 15.0. The largest absolute Gasteiger partial charge is 0.497 e. The molecular formula is C17H19NO6S. The molecular weight excluding hydrogens is 346 g/mol. The molecule has 0 fully saturated rings. The monoisotopic (exact) mass is 365 g/mol. The van der Waals surface area contributed by atoms with Crippen molar-refractivity contribution in [3.63, 3.8) is 0 Å². The van der Waals surface area contributed by atoms with Crippen LogP contribution >= 0.6 is 11.8 Å². The molecule has 8 heteroatoms. The topological polar surface area (TPSA) is 89.2 Å². The molecule has 2 aromatic rings. The average Bonchev–Trinajstić information content (AvgIpc) is 3.08. The van der Waals surface area contributed by atoms with Crippen molar-refractivity contribution in [2.45, 2.75) is 11.6 Å². The number of ether oxygens (including phenoxy) is 2. The number of nitrogens with zero attached hydrogens (tertiary/aromatic N) is 1. The van der Waals surface area contributed by atoms with Crippen LogP contribution in [-0.2, 0) is 11.3 Å². The third-order valence-corrected chi connectivity index (χ3v) is 4.01. The fourth-order valence-corrected chi connectivity index (χ4v) is 2.62. The first-order valence-electron chi connectivity index (χ1n) is 7.33. The van der Waals surface area contributed by atoms with Crippen LogP contribution in [0.1, 0.15) is 16.1 Å². The van der Waals surface area contributed by atoms with E-state index in [0.717, 1.165) is 0 Å². The molecule has 0 aliphatic carbocycles. The van der Waals surface area contributed by atoms with Gasteiger partial charge in [0.1, 0.15) is 18.0 Å². The quantitative estimate of drug-likeness (QED) is 0.720. The minimum atomic E-state index is -1.11. The fourth-order valence-electron chi connectivity index (χ4n) is 2.24. The van der Waals surface area contributed by atoms with Crippen LogP contribution in [0, 0.1) is 0 Å². The maximum atomic E-state index is 12.6. The van der Waals surface area contributed by atoms with Gasteiger partial charge < -0.3 is 23.9 Å². The molecule has 0 unspecified atom stereocenters. The summed E-state index contributed by atoms with van der Waals surface area (Å²) in [6.07, 6.45) is 1.82. The molecule has 1 N–H and O–H groups in total. The predicted octanol–water partition coefficient (Wildman–Crippen LogP) is 2.75. The van der Waals surface area contributed by atoms with Gasteiger partial charge in [0.15, 0.2) is 10.9 Å². The third-order valence-electron chi connectivity index (χ3n) is 3.39. The highest BCUT2D eigenvalue weighted by Gasteiger charge is 2.22. The molecule has 2 rings (SSSR count). The summed E-state index contributed by atoms with van der Waals surface area (Å²) in [5.74, 6) is -0.399. The van der Waals surface area contributed by atoms with Gasteiger partial charge in [0, 0.05) is 12.6 Å². The molecule has 0 atom stereocenters. The lowest BCUT2D eigenvalue weighted by molar-refractivity contribution is -0.137. The molecule has 25 heavy (non-hydrogen) atoms. The van der Waals surface area contributed by atoms with E-state index < -0.39 is 18.4 Å². The van der Waals surface area contributed by atoms with Gasteiger partial charge in [-0.2, -0.15) is 0 Å². The van der Waals surface area contributed by atoms with Crippen LogP contribution in [0.5, 0.6) is 11.5 Å². The van der Waals surface area contributed by atoms with Crippen molar-refractivity contribution in [3.05, 3.63) is 41.7 Å². The number of carbonyl (C=O) groups is 2. The molecule has 7 nitrogen and oxygen atoms in total. The molecule has 0 aliphatic heterocycles.